The van der Waals surface area contributed by atoms with Crippen molar-refractivity contribution in [1.29, 1.82) is 0 Å². The van der Waals surface area contributed by atoms with Crippen molar-refractivity contribution in [2.45, 2.75) is 46.0 Å². The molecule has 0 amide bonds. The van der Waals surface area contributed by atoms with E-state index in [-0.39, 0.29) is 10.8 Å². The van der Waals surface area contributed by atoms with Crippen LogP contribution in [0, 0.1) is 0 Å². The van der Waals surface area contributed by atoms with Crippen molar-refractivity contribution in [2.75, 3.05) is 0 Å². The van der Waals surface area contributed by atoms with E-state index in [0.717, 1.165) is 16.6 Å². The van der Waals surface area contributed by atoms with Crippen LogP contribution < -0.4 is 5.43 Å². The van der Waals surface area contributed by atoms with Crippen LogP contribution >= 0.6 is 0 Å². The van der Waals surface area contributed by atoms with Gasteiger partial charge in [0, 0.05) is 22.7 Å². The highest BCUT2D eigenvalue weighted by Crippen LogP contribution is 2.24. The summed E-state index contributed by atoms with van der Waals surface area (Å²) in [6.07, 6.45) is 0. The quantitative estimate of drug-likeness (QED) is 0.808. The smallest absolute Gasteiger partial charge is 0.189 e. The summed E-state index contributed by atoms with van der Waals surface area (Å²) < 4.78 is 0. The molecule has 0 atom stereocenters. The van der Waals surface area contributed by atoms with Gasteiger partial charge in [-0.2, -0.15) is 0 Å². The number of fused-ring (bicyclic) bond motifs is 1. The van der Waals surface area contributed by atoms with Crippen LogP contribution in [0.25, 0.3) is 10.9 Å². The average Bonchev–Trinajstić information content (AvgIpc) is 2.27. The summed E-state index contributed by atoms with van der Waals surface area (Å²) >= 11 is 0. The molecule has 0 bridgehead atoms. The first-order chi connectivity index (χ1) is 8.29. The number of hydrogen-bond donors (Lipinski definition) is 1. The molecule has 0 unspecified atom stereocenters. The third-order valence-corrected chi connectivity index (χ3v) is 3.34. The van der Waals surface area contributed by atoms with Gasteiger partial charge in [0.2, 0.25) is 0 Å². The SMILES string of the molecule is CC(C)c1cc(=O)c2cc(C(C)(C)C)ccc2[nH]1. The molecule has 2 heteroatoms. The zero-order chi connectivity index (χ0) is 13.5. The molecule has 0 saturated carbocycles. The number of aromatic amines is 1. The highest BCUT2D eigenvalue weighted by atomic mass is 16.1. The van der Waals surface area contributed by atoms with Gasteiger partial charge in [-0.25, -0.2) is 0 Å². The number of nitrogens with one attached hydrogen (secondary N) is 1. The van der Waals surface area contributed by atoms with Crippen LogP contribution in [0.5, 0.6) is 0 Å². The molecular formula is C16H21NO. The Kier molecular flexibility index (Phi) is 3.05. The van der Waals surface area contributed by atoms with Crippen molar-refractivity contribution in [2.24, 2.45) is 0 Å². The Morgan fingerprint density at radius 3 is 2.33 bits per heavy atom. The molecule has 1 heterocycles. The zero-order valence-electron chi connectivity index (χ0n) is 11.8. The number of pyridine rings is 1. The second-order valence-corrected chi connectivity index (χ2v) is 6.25. The Bertz CT molecular complexity index is 630. The Balaban J connectivity index is 2.70. The van der Waals surface area contributed by atoms with Gasteiger partial charge in [-0.1, -0.05) is 40.7 Å². The van der Waals surface area contributed by atoms with E-state index in [0.29, 0.717) is 5.92 Å². The molecule has 1 N–H and O–H groups in total. The van der Waals surface area contributed by atoms with Gasteiger partial charge in [-0.15, -0.1) is 0 Å². The fraction of sp³-hybridized carbons (Fsp3) is 0.438. The van der Waals surface area contributed by atoms with E-state index in [9.17, 15) is 4.79 Å². The van der Waals surface area contributed by atoms with Crippen LogP contribution in [-0.4, -0.2) is 4.98 Å². The Hall–Kier alpha value is -1.57. The van der Waals surface area contributed by atoms with E-state index in [4.69, 9.17) is 0 Å². The summed E-state index contributed by atoms with van der Waals surface area (Å²) in [5.74, 6) is 0.337. The van der Waals surface area contributed by atoms with Gasteiger partial charge in [0.05, 0.1) is 0 Å². The van der Waals surface area contributed by atoms with Gasteiger partial charge in [-0.3, -0.25) is 4.79 Å². The summed E-state index contributed by atoms with van der Waals surface area (Å²) in [4.78, 5) is 15.5. The highest BCUT2D eigenvalue weighted by Gasteiger charge is 2.15. The number of benzene rings is 1. The first kappa shape index (κ1) is 12.9. The number of hydrogen-bond acceptors (Lipinski definition) is 1. The van der Waals surface area contributed by atoms with E-state index in [1.54, 1.807) is 6.07 Å². The van der Waals surface area contributed by atoms with Crippen LogP contribution in [0.4, 0.5) is 0 Å². The molecule has 1 aromatic heterocycles. The molecule has 0 aliphatic rings. The normalized spacial score (nSPS) is 12.3. The Morgan fingerprint density at radius 1 is 1.11 bits per heavy atom. The lowest BCUT2D eigenvalue weighted by atomic mass is 9.86. The summed E-state index contributed by atoms with van der Waals surface area (Å²) in [6.45, 7) is 10.6. The highest BCUT2D eigenvalue weighted by molar-refractivity contribution is 5.79. The van der Waals surface area contributed by atoms with E-state index in [2.05, 4.69) is 45.7 Å². The fourth-order valence-electron chi connectivity index (χ4n) is 2.05. The standard InChI is InChI=1S/C16H21NO/c1-10(2)14-9-15(18)12-8-11(16(3,4)5)6-7-13(12)17-14/h6-10H,1-5H3,(H,17,18). The van der Waals surface area contributed by atoms with Crippen molar-refractivity contribution in [3.8, 4) is 0 Å². The summed E-state index contributed by atoms with van der Waals surface area (Å²) in [6, 6.07) is 7.85. The first-order valence-electron chi connectivity index (χ1n) is 6.46. The van der Waals surface area contributed by atoms with Gasteiger partial charge < -0.3 is 4.98 Å². The summed E-state index contributed by atoms with van der Waals surface area (Å²) in [7, 11) is 0. The van der Waals surface area contributed by atoms with Gasteiger partial charge in [0.15, 0.2) is 5.43 Å². The third kappa shape index (κ3) is 2.33. The molecule has 1 aromatic carbocycles. The van der Waals surface area contributed by atoms with Gasteiger partial charge in [-0.05, 0) is 29.0 Å². The molecule has 18 heavy (non-hydrogen) atoms. The minimum atomic E-state index is 0.0668. The second-order valence-electron chi connectivity index (χ2n) is 6.25. The Morgan fingerprint density at radius 2 is 1.78 bits per heavy atom. The summed E-state index contributed by atoms with van der Waals surface area (Å²) in [5, 5.41) is 0.784. The molecule has 2 nitrogen and oxygen atoms in total. The minimum absolute atomic E-state index is 0.0668. The van der Waals surface area contributed by atoms with Gasteiger partial charge in [0.1, 0.15) is 0 Å². The van der Waals surface area contributed by atoms with E-state index in [1.165, 1.54) is 5.56 Å². The van der Waals surface area contributed by atoms with E-state index in [1.807, 2.05) is 12.1 Å². The predicted molar refractivity (Wildman–Crippen MR) is 77.4 cm³/mol. The summed E-state index contributed by atoms with van der Waals surface area (Å²) in [5.41, 5.74) is 3.30. The maximum Gasteiger partial charge on any atom is 0.189 e. The molecule has 0 spiro atoms. The molecule has 2 aromatic rings. The maximum atomic E-state index is 12.2. The average molecular weight is 243 g/mol. The van der Waals surface area contributed by atoms with Crippen LogP contribution in [0.2, 0.25) is 0 Å². The lowest BCUT2D eigenvalue weighted by molar-refractivity contribution is 0.591. The van der Waals surface area contributed by atoms with Crippen molar-refractivity contribution < 1.29 is 0 Å². The molecule has 0 aliphatic heterocycles. The van der Waals surface area contributed by atoms with E-state index < -0.39 is 0 Å². The van der Waals surface area contributed by atoms with Crippen LogP contribution in [0.15, 0.2) is 29.1 Å². The van der Waals surface area contributed by atoms with Gasteiger partial charge >= 0.3 is 0 Å². The third-order valence-electron chi connectivity index (χ3n) is 3.34. The number of rotatable bonds is 1. The van der Waals surface area contributed by atoms with Crippen molar-refractivity contribution in [3.63, 3.8) is 0 Å². The van der Waals surface area contributed by atoms with Crippen molar-refractivity contribution in [1.82, 2.24) is 4.98 Å². The number of H-pyrrole nitrogens is 1. The van der Waals surface area contributed by atoms with Crippen LogP contribution in [0.3, 0.4) is 0 Å². The second kappa shape index (κ2) is 4.27. The maximum absolute atomic E-state index is 12.2. The molecule has 0 saturated heterocycles. The molecule has 0 fully saturated rings. The zero-order valence-corrected chi connectivity index (χ0v) is 11.8. The Labute approximate surface area is 108 Å². The van der Waals surface area contributed by atoms with Gasteiger partial charge in [0.25, 0.3) is 0 Å². The topological polar surface area (TPSA) is 32.9 Å². The molecule has 96 valence electrons. The first-order valence-corrected chi connectivity index (χ1v) is 6.46. The lowest BCUT2D eigenvalue weighted by Crippen LogP contribution is -2.13. The molecule has 2 rings (SSSR count). The largest absolute Gasteiger partial charge is 0.358 e. The van der Waals surface area contributed by atoms with Crippen LogP contribution in [0.1, 0.15) is 51.8 Å². The van der Waals surface area contributed by atoms with Crippen molar-refractivity contribution in [3.05, 3.63) is 45.7 Å². The molecule has 0 aliphatic carbocycles. The monoisotopic (exact) mass is 243 g/mol. The lowest BCUT2D eigenvalue weighted by Gasteiger charge is -2.19. The fourth-order valence-corrected chi connectivity index (χ4v) is 2.05. The minimum Gasteiger partial charge on any atom is -0.358 e. The number of aromatic nitrogens is 1. The predicted octanol–water partition coefficient (Wildman–Crippen LogP) is 3.95. The van der Waals surface area contributed by atoms with Crippen molar-refractivity contribution >= 4 is 10.9 Å². The van der Waals surface area contributed by atoms with E-state index >= 15 is 0 Å². The molecule has 0 radical (unpaired) electrons. The molecular weight excluding hydrogens is 222 g/mol. The van der Waals surface area contributed by atoms with Crippen LogP contribution in [-0.2, 0) is 5.41 Å².